The van der Waals surface area contributed by atoms with Crippen LogP contribution in [0.3, 0.4) is 0 Å². The van der Waals surface area contributed by atoms with E-state index in [-0.39, 0.29) is 11.8 Å². The Bertz CT molecular complexity index is 1490. The number of thioether (sulfide) groups is 1. The number of halogens is 2. The molecule has 0 spiro atoms. The van der Waals surface area contributed by atoms with E-state index in [0.717, 1.165) is 15.6 Å². The van der Waals surface area contributed by atoms with E-state index in [2.05, 4.69) is 15.9 Å². The molecule has 0 unspecified atom stereocenters. The molecule has 7 nitrogen and oxygen atoms in total. The van der Waals surface area contributed by atoms with Crippen molar-refractivity contribution in [1.29, 1.82) is 0 Å². The number of hydrogen-bond donors (Lipinski definition) is 0. The lowest BCUT2D eigenvalue weighted by atomic mass is 10.1. The molecule has 0 bridgehead atoms. The highest BCUT2D eigenvalue weighted by Crippen LogP contribution is 2.36. The Kier molecular flexibility index (Phi) is 9.26. The summed E-state index contributed by atoms with van der Waals surface area (Å²) in [6.45, 7) is 4.88. The van der Waals surface area contributed by atoms with E-state index in [1.807, 2.05) is 67.6 Å². The predicted molar refractivity (Wildman–Crippen MR) is 163 cm³/mol. The molecule has 0 radical (unpaired) electrons. The Morgan fingerprint density at radius 1 is 1.12 bits per heavy atom. The number of morpholine rings is 1. The Labute approximate surface area is 250 Å². The summed E-state index contributed by atoms with van der Waals surface area (Å²) in [5.41, 5.74) is 2.80. The molecule has 2 aliphatic rings. The van der Waals surface area contributed by atoms with Crippen molar-refractivity contribution in [3.63, 3.8) is 0 Å². The van der Waals surface area contributed by atoms with Crippen LogP contribution in [0.4, 0.5) is 5.69 Å². The fraction of sp³-hybridized carbons (Fsp3) is 0.233. The van der Waals surface area contributed by atoms with Crippen molar-refractivity contribution in [1.82, 2.24) is 9.80 Å². The average Bonchev–Trinajstić information content (AvgIpc) is 3.26. The first-order chi connectivity index (χ1) is 19.4. The van der Waals surface area contributed by atoms with Gasteiger partial charge in [0, 0.05) is 45.8 Å². The van der Waals surface area contributed by atoms with Crippen LogP contribution in [0.2, 0.25) is 5.02 Å². The zero-order chi connectivity index (χ0) is 28.1. The zero-order valence-corrected chi connectivity index (χ0v) is 25.0. The maximum atomic E-state index is 13.4. The molecule has 0 atom stereocenters. The average molecular weight is 641 g/mol. The van der Waals surface area contributed by atoms with Crippen molar-refractivity contribution in [2.75, 3.05) is 32.8 Å². The Morgan fingerprint density at radius 3 is 2.70 bits per heavy atom. The van der Waals surface area contributed by atoms with Gasteiger partial charge in [0.1, 0.15) is 12.4 Å². The number of likely N-dealkylation sites (N-methyl/N-ethyl adjacent to an activating group) is 1. The van der Waals surface area contributed by atoms with Gasteiger partial charge >= 0.3 is 0 Å². The van der Waals surface area contributed by atoms with E-state index in [4.69, 9.17) is 26.1 Å². The summed E-state index contributed by atoms with van der Waals surface area (Å²) < 4.78 is 12.3. The van der Waals surface area contributed by atoms with E-state index >= 15 is 0 Å². The number of aliphatic imine (C=N–C) groups is 1. The highest BCUT2D eigenvalue weighted by molar-refractivity contribution is 9.10. The molecule has 2 saturated heterocycles. The third-order valence-electron chi connectivity index (χ3n) is 6.42. The van der Waals surface area contributed by atoms with Crippen LogP contribution in [0, 0.1) is 0 Å². The second kappa shape index (κ2) is 13.0. The van der Waals surface area contributed by atoms with Gasteiger partial charge < -0.3 is 14.4 Å². The second-order valence-corrected chi connectivity index (χ2v) is 11.4. The molecule has 3 aromatic carbocycles. The van der Waals surface area contributed by atoms with Gasteiger partial charge in [-0.1, -0.05) is 51.8 Å². The first-order valence-electron chi connectivity index (χ1n) is 12.9. The van der Waals surface area contributed by atoms with Crippen molar-refractivity contribution >= 4 is 68.0 Å². The highest BCUT2D eigenvalue weighted by atomic mass is 79.9. The van der Waals surface area contributed by atoms with Crippen LogP contribution in [-0.4, -0.2) is 59.6 Å². The quantitative estimate of drug-likeness (QED) is 0.267. The van der Waals surface area contributed by atoms with E-state index in [1.54, 1.807) is 21.9 Å². The number of benzene rings is 3. The fourth-order valence-electron chi connectivity index (χ4n) is 4.31. The van der Waals surface area contributed by atoms with E-state index in [0.29, 0.717) is 71.6 Å². The number of amidine groups is 1. The molecular formula is C30H27BrClN3O4S. The number of amides is 2. The third-order valence-corrected chi connectivity index (χ3v) is 8.29. The van der Waals surface area contributed by atoms with Gasteiger partial charge in [0.15, 0.2) is 5.17 Å². The molecule has 2 fully saturated rings. The molecule has 10 heteroatoms. The standard InChI is InChI=1S/C30H27BrClN3O4S/c1-2-35-29(37)27(18-22-16-23(31)10-11-26(22)39-19-21-6-3-4-9-25(21)32)40-30(35)33-24-8-5-7-20(17-24)28(36)34-12-14-38-15-13-34/h3-11,16-18H,2,12-15,19H2,1H3/b27-18+,33-30?. The van der Waals surface area contributed by atoms with Gasteiger partial charge in [-0.15, -0.1) is 0 Å². The third kappa shape index (κ3) is 6.61. The number of nitrogens with zero attached hydrogens (tertiary/aromatic N) is 3. The minimum absolute atomic E-state index is 0.0487. The fourth-order valence-corrected chi connectivity index (χ4v) is 5.94. The first kappa shape index (κ1) is 28.4. The van der Waals surface area contributed by atoms with Gasteiger partial charge in [-0.25, -0.2) is 4.99 Å². The summed E-state index contributed by atoms with van der Waals surface area (Å²) in [7, 11) is 0. The molecule has 2 aliphatic heterocycles. The van der Waals surface area contributed by atoms with Crippen LogP contribution in [0.25, 0.3) is 6.08 Å². The van der Waals surface area contributed by atoms with E-state index in [9.17, 15) is 9.59 Å². The van der Waals surface area contributed by atoms with Gasteiger partial charge in [-0.3, -0.25) is 14.5 Å². The number of carbonyl (C=O) groups is 2. The number of hydrogen-bond acceptors (Lipinski definition) is 6. The molecule has 0 aromatic heterocycles. The molecule has 0 saturated carbocycles. The number of rotatable bonds is 7. The molecule has 0 N–H and O–H groups in total. The Balaban J connectivity index is 1.39. The summed E-state index contributed by atoms with van der Waals surface area (Å²) in [4.78, 5) is 35.0. The second-order valence-electron chi connectivity index (χ2n) is 9.07. The van der Waals surface area contributed by atoms with Crippen molar-refractivity contribution in [3.8, 4) is 5.75 Å². The van der Waals surface area contributed by atoms with Crippen LogP contribution in [-0.2, 0) is 16.1 Å². The van der Waals surface area contributed by atoms with Crippen molar-refractivity contribution < 1.29 is 19.1 Å². The highest BCUT2D eigenvalue weighted by Gasteiger charge is 2.32. The lowest BCUT2D eigenvalue weighted by Crippen LogP contribution is -2.40. The van der Waals surface area contributed by atoms with Crippen LogP contribution < -0.4 is 4.74 Å². The summed E-state index contributed by atoms with van der Waals surface area (Å²) >= 11 is 11.1. The van der Waals surface area contributed by atoms with Gasteiger partial charge in [-0.2, -0.15) is 0 Å². The van der Waals surface area contributed by atoms with Crippen LogP contribution in [0.5, 0.6) is 5.75 Å². The maximum Gasteiger partial charge on any atom is 0.266 e. The zero-order valence-electron chi connectivity index (χ0n) is 21.8. The Hall–Kier alpha value is -3.11. The molecule has 40 heavy (non-hydrogen) atoms. The minimum atomic E-state index is -0.135. The molecule has 3 aromatic rings. The summed E-state index contributed by atoms with van der Waals surface area (Å²) in [5, 5.41) is 1.19. The molecule has 2 amide bonds. The SMILES string of the molecule is CCN1C(=O)/C(=C\c2cc(Br)ccc2OCc2ccccc2Cl)SC1=Nc1cccc(C(=O)N2CCOCC2)c1. The summed E-state index contributed by atoms with van der Waals surface area (Å²) in [5.74, 6) is 0.447. The topological polar surface area (TPSA) is 71.4 Å². The molecule has 0 aliphatic carbocycles. The van der Waals surface area contributed by atoms with Gasteiger partial charge in [0.2, 0.25) is 0 Å². The Morgan fingerprint density at radius 2 is 1.93 bits per heavy atom. The molecule has 206 valence electrons. The number of carbonyl (C=O) groups excluding carboxylic acids is 2. The van der Waals surface area contributed by atoms with E-state index < -0.39 is 0 Å². The molecular weight excluding hydrogens is 614 g/mol. The monoisotopic (exact) mass is 639 g/mol. The van der Waals surface area contributed by atoms with Gasteiger partial charge in [-0.05, 0) is 67.2 Å². The first-order valence-corrected chi connectivity index (χ1v) is 14.8. The maximum absolute atomic E-state index is 13.4. The lowest BCUT2D eigenvalue weighted by Gasteiger charge is -2.26. The predicted octanol–water partition coefficient (Wildman–Crippen LogP) is 6.78. The number of ether oxygens (including phenoxy) is 2. The normalized spacial score (nSPS) is 17.6. The van der Waals surface area contributed by atoms with Gasteiger partial charge in [0.25, 0.3) is 11.8 Å². The van der Waals surface area contributed by atoms with Crippen molar-refractivity contribution in [2.24, 2.45) is 4.99 Å². The van der Waals surface area contributed by atoms with Crippen LogP contribution in [0.1, 0.15) is 28.4 Å². The minimum Gasteiger partial charge on any atom is -0.488 e. The van der Waals surface area contributed by atoms with Crippen LogP contribution in [0.15, 0.2) is 81.1 Å². The largest absolute Gasteiger partial charge is 0.488 e. The van der Waals surface area contributed by atoms with E-state index in [1.165, 1.54) is 11.8 Å². The molecule has 5 rings (SSSR count). The molecule has 2 heterocycles. The van der Waals surface area contributed by atoms with Crippen LogP contribution >= 0.6 is 39.3 Å². The van der Waals surface area contributed by atoms with Crippen molar-refractivity contribution in [2.45, 2.75) is 13.5 Å². The summed E-state index contributed by atoms with van der Waals surface area (Å²) in [6, 6.07) is 20.4. The summed E-state index contributed by atoms with van der Waals surface area (Å²) in [6.07, 6.45) is 1.82. The smallest absolute Gasteiger partial charge is 0.266 e. The van der Waals surface area contributed by atoms with Gasteiger partial charge in [0.05, 0.1) is 23.8 Å². The van der Waals surface area contributed by atoms with Crippen molar-refractivity contribution in [3.05, 3.63) is 97.8 Å². The lowest BCUT2D eigenvalue weighted by molar-refractivity contribution is -0.122.